The van der Waals surface area contributed by atoms with Gasteiger partial charge in [-0.1, -0.05) is 36.7 Å². The first kappa shape index (κ1) is 16.2. The van der Waals surface area contributed by atoms with E-state index in [9.17, 15) is 0 Å². The number of alkyl halides is 1. The zero-order chi connectivity index (χ0) is 14.5. The van der Waals surface area contributed by atoms with Crippen molar-refractivity contribution in [3.63, 3.8) is 0 Å². The van der Waals surface area contributed by atoms with Gasteiger partial charge >= 0.3 is 0 Å². The predicted molar refractivity (Wildman–Crippen MR) is 81.8 cm³/mol. The largest absolute Gasteiger partial charge is 0.496 e. The molecule has 0 aliphatic carbocycles. The molecule has 0 N–H and O–H groups in total. The lowest BCUT2D eigenvalue weighted by Gasteiger charge is -2.29. The quantitative estimate of drug-likeness (QED) is 0.733. The fourth-order valence-corrected chi connectivity index (χ4v) is 2.75. The molecule has 0 saturated carbocycles. The topological polar surface area (TPSA) is 27.7 Å². The molecule has 1 rings (SSSR count). The Morgan fingerprint density at radius 1 is 1.00 bits per heavy atom. The van der Waals surface area contributed by atoms with Crippen LogP contribution >= 0.6 is 15.9 Å². The molecular weight excluding hydrogens is 308 g/mol. The average molecular weight is 331 g/mol. The zero-order valence-electron chi connectivity index (χ0n) is 12.3. The fourth-order valence-electron chi connectivity index (χ4n) is 1.59. The van der Waals surface area contributed by atoms with Gasteiger partial charge in [-0.15, -0.1) is 0 Å². The first-order valence-electron chi connectivity index (χ1n) is 6.32. The number of halogens is 1. The molecule has 0 bridgehead atoms. The Hall–Kier alpha value is -0.900. The Morgan fingerprint density at radius 3 is 1.84 bits per heavy atom. The number of hydrogen-bond acceptors (Lipinski definition) is 3. The van der Waals surface area contributed by atoms with E-state index in [0.717, 1.165) is 22.6 Å². The molecule has 1 aromatic rings. The number of rotatable bonds is 6. The Kier molecular flexibility index (Phi) is 5.98. The van der Waals surface area contributed by atoms with Crippen molar-refractivity contribution in [1.29, 1.82) is 0 Å². The van der Waals surface area contributed by atoms with E-state index in [-0.39, 0.29) is 5.41 Å². The van der Waals surface area contributed by atoms with Crippen LogP contribution in [0, 0.1) is 11.3 Å². The first-order chi connectivity index (χ1) is 8.90. The fraction of sp³-hybridized carbons (Fsp3) is 0.600. The van der Waals surface area contributed by atoms with Gasteiger partial charge in [-0.05, 0) is 5.41 Å². The summed E-state index contributed by atoms with van der Waals surface area (Å²) >= 11 is 3.55. The molecule has 0 saturated heterocycles. The van der Waals surface area contributed by atoms with Gasteiger partial charge < -0.3 is 14.2 Å². The summed E-state index contributed by atoms with van der Waals surface area (Å²) in [5.74, 6) is 2.68. The summed E-state index contributed by atoms with van der Waals surface area (Å²) in [5, 5.41) is 0.914. The summed E-state index contributed by atoms with van der Waals surface area (Å²) in [5.41, 5.74) is 0.201. The third-order valence-corrected chi connectivity index (χ3v) is 3.97. The van der Waals surface area contributed by atoms with Gasteiger partial charge in [-0.3, -0.25) is 0 Å². The number of methoxy groups -OCH3 is 2. The summed E-state index contributed by atoms with van der Waals surface area (Å²) in [6.07, 6.45) is 0. The van der Waals surface area contributed by atoms with Crippen molar-refractivity contribution in [2.75, 3.05) is 26.2 Å². The van der Waals surface area contributed by atoms with Crippen molar-refractivity contribution in [3.8, 4) is 17.2 Å². The molecule has 0 fully saturated rings. The lowest BCUT2D eigenvalue weighted by Crippen LogP contribution is -2.27. The smallest absolute Gasteiger partial charge is 0.126 e. The lowest BCUT2D eigenvalue weighted by molar-refractivity contribution is 0.165. The molecule has 1 atom stereocenters. The van der Waals surface area contributed by atoms with Crippen LogP contribution in [0.15, 0.2) is 18.2 Å². The van der Waals surface area contributed by atoms with Crippen molar-refractivity contribution < 1.29 is 14.2 Å². The van der Waals surface area contributed by atoms with Crippen molar-refractivity contribution >= 4 is 15.9 Å². The van der Waals surface area contributed by atoms with Crippen LogP contribution in [0.4, 0.5) is 0 Å². The average Bonchev–Trinajstić information content (AvgIpc) is 2.37. The highest BCUT2D eigenvalue weighted by atomic mass is 79.9. The van der Waals surface area contributed by atoms with Crippen molar-refractivity contribution in [2.45, 2.75) is 20.8 Å². The number of benzene rings is 1. The summed E-state index contributed by atoms with van der Waals surface area (Å²) in [7, 11) is 3.27. The third kappa shape index (κ3) is 4.94. The van der Waals surface area contributed by atoms with Crippen LogP contribution in [0.2, 0.25) is 0 Å². The van der Waals surface area contributed by atoms with Gasteiger partial charge in [-0.25, -0.2) is 0 Å². The maximum atomic E-state index is 5.88. The van der Waals surface area contributed by atoms with Crippen LogP contribution in [0.25, 0.3) is 0 Å². The van der Waals surface area contributed by atoms with Crippen molar-refractivity contribution in [3.05, 3.63) is 18.2 Å². The SMILES string of the molecule is COc1cc(OC)cc(OCC(CBr)C(C)(C)C)c1. The van der Waals surface area contributed by atoms with Gasteiger partial charge in [0.1, 0.15) is 17.2 Å². The summed E-state index contributed by atoms with van der Waals surface area (Å²) in [4.78, 5) is 0. The zero-order valence-corrected chi connectivity index (χ0v) is 13.9. The molecule has 0 radical (unpaired) electrons. The minimum absolute atomic E-state index is 0.201. The van der Waals surface area contributed by atoms with Crippen LogP contribution in [0.3, 0.4) is 0 Å². The minimum Gasteiger partial charge on any atom is -0.496 e. The van der Waals surface area contributed by atoms with Crippen molar-refractivity contribution in [2.24, 2.45) is 11.3 Å². The molecule has 0 aromatic heterocycles. The van der Waals surface area contributed by atoms with E-state index in [4.69, 9.17) is 14.2 Å². The Morgan fingerprint density at radius 2 is 1.47 bits per heavy atom. The number of ether oxygens (including phenoxy) is 3. The molecule has 19 heavy (non-hydrogen) atoms. The van der Waals surface area contributed by atoms with Crippen LogP contribution in [0.5, 0.6) is 17.2 Å². The molecule has 0 spiro atoms. The highest BCUT2D eigenvalue weighted by Gasteiger charge is 2.24. The van der Waals surface area contributed by atoms with E-state index in [1.54, 1.807) is 14.2 Å². The van der Waals surface area contributed by atoms with E-state index < -0.39 is 0 Å². The van der Waals surface area contributed by atoms with Gasteiger partial charge in [0.15, 0.2) is 0 Å². The monoisotopic (exact) mass is 330 g/mol. The Balaban J connectivity index is 2.76. The molecule has 4 heteroatoms. The van der Waals surface area contributed by atoms with E-state index >= 15 is 0 Å². The maximum absolute atomic E-state index is 5.88. The standard InChI is InChI=1S/C15H23BrO3/c1-15(2,3)11(9-16)10-19-14-7-12(17-4)6-13(8-14)18-5/h6-8,11H,9-10H2,1-5H3. The molecule has 1 unspecified atom stereocenters. The molecular formula is C15H23BrO3. The number of hydrogen-bond donors (Lipinski definition) is 0. The molecule has 108 valence electrons. The van der Waals surface area contributed by atoms with Crippen LogP contribution in [-0.4, -0.2) is 26.2 Å². The van der Waals surface area contributed by atoms with Crippen LogP contribution in [0.1, 0.15) is 20.8 Å². The highest BCUT2D eigenvalue weighted by molar-refractivity contribution is 9.09. The molecule has 3 nitrogen and oxygen atoms in total. The van der Waals surface area contributed by atoms with Gasteiger partial charge in [-0.2, -0.15) is 0 Å². The normalized spacial score (nSPS) is 12.9. The Labute approximate surface area is 124 Å². The molecule has 1 aromatic carbocycles. The summed E-state index contributed by atoms with van der Waals surface area (Å²) < 4.78 is 16.3. The van der Waals surface area contributed by atoms with E-state index in [0.29, 0.717) is 12.5 Å². The predicted octanol–water partition coefficient (Wildman–Crippen LogP) is 4.14. The van der Waals surface area contributed by atoms with Gasteiger partial charge in [0.25, 0.3) is 0 Å². The summed E-state index contributed by atoms with van der Waals surface area (Å²) in [6, 6.07) is 5.57. The maximum Gasteiger partial charge on any atom is 0.126 e. The molecule has 0 amide bonds. The van der Waals surface area contributed by atoms with E-state index in [2.05, 4.69) is 36.7 Å². The van der Waals surface area contributed by atoms with Gasteiger partial charge in [0, 0.05) is 29.4 Å². The third-order valence-electron chi connectivity index (χ3n) is 3.19. The summed E-state index contributed by atoms with van der Waals surface area (Å²) in [6.45, 7) is 7.31. The van der Waals surface area contributed by atoms with Gasteiger partial charge in [0.2, 0.25) is 0 Å². The van der Waals surface area contributed by atoms with Crippen LogP contribution < -0.4 is 14.2 Å². The van der Waals surface area contributed by atoms with Crippen molar-refractivity contribution in [1.82, 2.24) is 0 Å². The second-order valence-corrected chi connectivity index (χ2v) is 6.22. The van der Waals surface area contributed by atoms with Gasteiger partial charge in [0.05, 0.1) is 20.8 Å². The minimum atomic E-state index is 0.201. The highest BCUT2D eigenvalue weighted by Crippen LogP contribution is 2.31. The molecule has 0 aliphatic heterocycles. The van der Waals surface area contributed by atoms with E-state index in [1.807, 2.05) is 18.2 Å². The van der Waals surface area contributed by atoms with E-state index in [1.165, 1.54) is 0 Å². The second kappa shape index (κ2) is 7.04. The molecule has 0 aliphatic rings. The second-order valence-electron chi connectivity index (χ2n) is 5.58. The van der Waals surface area contributed by atoms with Crippen LogP contribution in [-0.2, 0) is 0 Å². The Bertz CT molecular complexity index is 377. The molecule has 0 heterocycles. The first-order valence-corrected chi connectivity index (χ1v) is 7.44. The lowest BCUT2D eigenvalue weighted by atomic mass is 9.83.